The quantitative estimate of drug-likeness (QED) is 0.838. The maximum atomic E-state index is 12.6. The highest BCUT2D eigenvalue weighted by Crippen LogP contribution is 2.33. The van der Waals surface area contributed by atoms with Crippen LogP contribution in [0, 0.1) is 0 Å². The largest absolute Gasteiger partial charge is 0.416 e. The predicted molar refractivity (Wildman–Crippen MR) is 91.7 cm³/mol. The van der Waals surface area contributed by atoms with E-state index in [1.807, 2.05) is 0 Å². The second kappa shape index (κ2) is 7.26. The molecule has 2 aromatic carbocycles. The van der Waals surface area contributed by atoms with Crippen molar-refractivity contribution in [1.29, 1.82) is 0 Å². The number of rotatable bonds is 4. The van der Waals surface area contributed by atoms with Gasteiger partial charge in [-0.3, -0.25) is 4.79 Å². The van der Waals surface area contributed by atoms with Crippen molar-refractivity contribution < 1.29 is 26.4 Å². The van der Waals surface area contributed by atoms with Crippen molar-refractivity contribution in [2.45, 2.75) is 11.1 Å². The van der Waals surface area contributed by atoms with Crippen molar-refractivity contribution in [3.63, 3.8) is 0 Å². The number of carbonyl (C=O) groups excluding carboxylic acids is 1. The third-order valence-corrected chi connectivity index (χ3v) is 5.58. The van der Waals surface area contributed by atoms with Gasteiger partial charge in [0.05, 0.1) is 21.2 Å². The first-order valence-electron chi connectivity index (χ1n) is 7.13. The molecule has 26 heavy (non-hydrogen) atoms. The van der Waals surface area contributed by atoms with Crippen LogP contribution in [0.2, 0.25) is 5.02 Å². The van der Waals surface area contributed by atoms with Crippen LogP contribution in [0.5, 0.6) is 0 Å². The Labute approximate surface area is 153 Å². The third kappa shape index (κ3) is 4.35. The molecule has 0 aliphatic heterocycles. The highest BCUT2D eigenvalue weighted by atomic mass is 35.5. The third-order valence-electron chi connectivity index (χ3n) is 3.44. The molecule has 10 heteroatoms. The lowest BCUT2D eigenvalue weighted by atomic mass is 10.1. The summed E-state index contributed by atoms with van der Waals surface area (Å²) >= 11 is 5.79. The van der Waals surface area contributed by atoms with E-state index < -0.39 is 27.7 Å². The van der Waals surface area contributed by atoms with Crippen LogP contribution in [0.3, 0.4) is 0 Å². The minimum atomic E-state index is -4.54. The molecule has 2 aromatic rings. The van der Waals surface area contributed by atoms with Gasteiger partial charge >= 0.3 is 6.18 Å². The molecule has 5 nitrogen and oxygen atoms in total. The van der Waals surface area contributed by atoms with E-state index in [0.717, 1.165) is 16.4 Å². The summed E-state index contributed by atoms with van der Waals surface area (Å²) in [5, 5.41) is 2.12. The molecule has 0 aromatic heterocycles. The van der Waals surface area contributed by atoms with Gasteiger partial charge in [0.2, 0.25) is 10.0 Å². The molecular formula is C16H14ClF3N2O3S. The fraction of sp³-hybridized carbons (Fsp3) is 0.188. The topological polar surface area (TPSA) is 66.5 Å². The Morgan fingerprint density at radius 2 is 1.65 bits per heavy atom. The van der Waals surface area contributed by atoms with Gasteiger partial charge in [-0.25, -0.2) is 12.7 Å². The first-order valence-corrected chi connectivity index (χ1v) is 8.95. The molecule has 0 atom stereocenters. The molecule has 1 amide bonds. The Bertz CT molecular complexity index is 927. The van der Waals surface area contributed by atoms with Gasteiger partial charge in [0, 0.05) is 19.7 Å². The van der Waals surface area contributed by atoms with Gasteiger partial charge < -0.3 is 5.32 Å². The summed E-state index contributed by atoms with van der Waals surface area (Å²) in [6, 6.07) is 7.68. The Balaban J connectivity index is 2.21. The van der Waals surface area contributed by atoms with Crippen molar-refractivity contribution in [1.82, 2.24) is 4.31 Å². The molecule has 0 heterocycles. The Morgan fingerprint density at radius 3 is 2.12 bits per heavy atom. The van der Waals surface area contributed by atoms with Gasteiger partial charge in [0.15, 0.2) is 0 Å². The number of nitrogens with one attached hydrogen (secondary N) is 1. The van der Waals surface area contributed by atoms with E-state index in [0.29, 0.717) is 6.07 Å². The van der Waals surface area contributed by atoms with Crippen molar-refractivity contribution in [2.24, 2.45) is 0 Å². The van der Waals surface area contributed by atoms with Gasteiger partial charge in [-0.2, -0.15) is 13.2 Å². The van der Waals surface area contributed by atoms with Crippen LogP contribution in [-0.4, -0.2) is 32.7 Å². The number of alkyl halides is 3. The average molecular weight is 407 g/mol. The molecule has 0 radical (unpaired) electrons. The smallest absolute Gasteiger partial charge is 0.321 e. The van der Waals surface area contributed by atoms with Crippen molar-refractivity contribution >= 4 is 33.2 Å². The van der Waals surface area contributed by atoms with E-state index >= 15 is 0 Å². The zero-order valence-electron chi connectivity index (χ0n) is 13.6. The van der Waals surface area contributed by atoms with E-state index in [2.05, 4.69) is 5.32 Å². The minimum Gasteiger partial charge on any atom is -0.321 e. The van der Waals surface area contributed by atoms with Crippen LogP contribution < -0.4 is 5.32 Å². The first-order chi connectivity index (χ1) is 11.9. The standard InChI is InChI=1S/C16H14ClF3N2O3S/c1-22(2)26(24,25)12-6-3-10(4-7-12)15(23)21-14-8-5-11(9-13(14)17)16(18,19)20/h3-9H,1-2H3,(H,21,23). The molecule has 0 unspecified atom stereocenters. The van der Waals surface area contributed by atoms with Gasteiger partial charge in [-0.05, 0) is 42.5 Å². The molecular weight excluding hydrogens is 393 g/mol. The average Bonchev–Trinajstić information content (AvgIpc) is 2.55. The number of halogens is 4. The summed E-state index contributed by atoms with van der Waals surface area (Å²) in [4.78, 5) is 12.2. The highest BCUT2D eigenvalue weighted by molar-refractivity contribution is 7.89. The van der Waals surface area contributed by atoms with Crippen LogP contribution in [-0.2, 0) is 16.2 Å². The molecule has 140 valence electrons. The lowest BCUT2D eigenvalue weighted by Gasteiger charge is -2.12. The zero-order chi connectivity index (χ0) is 19.7. The van der Waals surface area contributed by atoms with Crippen LogP contribution in [0.1, 0.15) is 15.9 Å². The summed E-state index contributed by atoms with van der Waals surface area (Å²) in [6.07, 6.45) is -4.54. The fourth-order valence-corrected chi connectivity index (χ4v) is 3.11. The Morgan fingerprint density at radius 1 is 1.08 bits per heavy atom. The van der Waals surface area contributed by atoms with Crippen LogP contribution >= 0.6 is 11.6 Å². The highest BCUT2D eigenvalue weighted by Gasteiger charge is 2.31. The summed E-state index contributed by atoms with van der Waals surface area (Å²) in [5.41, 5.74) is -0.799. The molecule has 0 saturated carbocycles. The van der Waals surface area contributed by atoms with E-state index in [1.165, 1.54) is 38.4 Å². The molecule has 0 spiro atoms. The second-order valence-corrected chi connectivity index (χ2v) is 8.02. The van der Waals surface area contributed by atoms with Gasteiger partial charge in [0.1, 0.15) is 0 Å². The molecule has 0 aliphatic carbocycles. The van der Waals surface area contributed by atoms with Gasteiger partial charge in [0.25, 0.3) is 5.91 Å². The Hall–Kier alpha value is -2.10. The normalized spacial score (nSPS) is 12.3. The van der Waals surface area contributed by atoms with Crippen LogP contribution in [0.4, 0.5) is 18.9 Å². The Kier molecular flexibility index (Phi) is 5.64. The van der Waals surface area contributed by atoms with E-state index in [9.17, 15) is 26.4 Å². The van der Waals surface area contributed by atoms with E-state index in [1.54, 1.807) is 0 Å². The summed E-state index contributed by atoms with van der Waals surface area (Å²) in [6.45, 7) is 0. The van der Waals surface area contributed by atoms with E-state index in [-0.39, 0.29) is 21.2 Å². The fourth-order valence-electron chi connectivity index (χ4n) is 1.98. The number of sulfonamides is 1. The van der Waals surface area contributed by atoms with Crippen LogP contribution in [0.15, 0.2) is 47.4 Å². The molecule has 0 saturated heterocycles. The van der Waals surface area contributed by atoms with Gasteiger partial charge in [-0.15, -0.1) is 0 Å². The molecule has 0 bridgehead atoms. The summed E-state index contributed by atoms with van der Waals surface area (Å²) in [5.74, 6) is -0.638. The number of hydrogen-bond acceptors (Lipinski definition) is 3. The van der Waals surface area contributed by atoms with Crippen LogP contribution in [0.25, 0.3) is 0 Å². The SMILES string of the molecule is CN(C)S(=O)(=O)c1ccc(C(=O)Nc2ccc(C(F)(F)F)cc2Cl)cc1. The monoisotopic (exact) mass is 406 g/mol. The number of benzene rings is 2. The van der Waals surface area contributed by atoms with Gasteiger partial charge in [-0.1, -0.05) is 11.6 Å². The molecule has 0 aliphatic rings. The minimum absolute atomic E-state index is 0.00612. The maximum absolute atomic E-state index is 12.6. The van der Waals surface area contributed by atoms with E-state index in [4.69, 9.17) is 11.6 Å². The lowest BCUT2D eigenvalue weighted by molar-refractivity contribution is -0.137. The number of anilines is 1. The van der Waals surface area contributed by atoms with Crippen molar-refractivity contribution in [2.75, 3.05) is 19.4 Å². The second-order valence-electron chi connectivity index (χ2n) is 5.46. The summed E-state index contributed by atoms with van der Waals surface area (Å²) in [7, 11) is -0.875. The zero-order valence-corrected chi connectivity index (χ0v) is 15.2. The predicted octanol–water partition coefficient (Wildman–Crippen LogP) is 3.86. The van der Waals surface area contributed by atoms with Crippen molar-refractivity contribution in [3.05, 3.63) is 58.6 Å². The van der Waals surface area contributed by atoms with Crippen molar-refractivity contribution in [3.8, 4) is 0 Å². The molecule has 2 rings (SSSR count). The number of carbonyl (C=O) groups is 1. The first kappa shape index (κ1) is 20.2. The lowest BCUT2D eigenvalue weighted by Crippen LogP contribution is -2.22. The number of hydrogen-bond donors (Lipinski definition) is 1. The summed E-state index contributed by atoms with van der Waals surface area (Å²) < 4.78 is 62.8. The number of amides is 1. The maximum Gasteiger partial charge on any atom is 0.416 e. The molecule has 0 fully saturated rings. The number of nitrogens with zero attached hydrogens (tertiary/aromatic N) is 1. The molecule has 1 N–H and O–H groups in total.